The van der Waals surface area contributed by atoms with E-state index in [0.29, 0.717) is 18.2 Å². The summed E-state index contributed by atoms with van der Waals surface area (Å²) >= 11 is 0. The molecule has 4 nitrogen and oxygen atoms in total. The zero-order valence-electron chi connectivity index (χ0n) is 14.6. The first-order valence-electron chi connectivity index (χ1n) is 9.13. The Balaban J connectivity index is 1.54. The van der Waals surface area contributed by atoms with Crippen molar-refractivity contribution in [2.75, 3.05) is 29.4 Å². The quantitative estimate of drug-likeness (QED) is 0.810. The third kappa shape index (κ3) is 3.21. The Morgan fingerprint density at radius 3 is 2.64 bits per heavy atom. The lowest BCUT2D eigenvalue weighted by Crippen LogP contribution is -2.35. The van der Waals surface area contributed by atoms with Crippen molar-refractivity contribution in [3.63, 3.8) is 0 Å². The first-order chi connectivity index (χ1) is 12.2. The molecule has 0 bridgehead atoms. The molecule has 0 aliphatic carbocycles. The van der Waals surface area contributed by atoms with Gasteiger partial charge in [-0.1, -0.05) is 37.3 Å². The standard InChI is InChI=1S/C21H24N2O2/c1-16-7-6-13-22(15-16)19-10-4-5-11-20(19)25-21(24)23-14-12-17-8-2-3-9-18(17)23/h2-5,8-11,16H,6-7,12-15H2,1H3. The normalized spacial score (nSPS) is 19.6. The summed E-state index contributed by atoms with van der Waals surface area (Å²) in [7, 11) is 0. The van der Waals surface area contributed by atoms with Crippen LogP contribution in [0.15, 0.2) is 48.5 Å². The van der Waals surface area contributed by atoms with Gasteiger partial charge >= 0.3 is 6.09 Å². The van der Waals surface area contributed by atoms with Gasteiger partial charge in [-0.2, -0.15) is 0 Å². The van der Waals surface area contributed by atoms with Crippen LogP contribution in [0.25, 0.3) is 0 Å². The number of piperidine rings is 1. The Morgan fingerprint density at radius 1 is 1.04 bits per heavy atom. The zero-order chi connectivity index (χ0) is 17.2. The van der Waals surface area contributed by atoms with Crippen molar-refractivity contribution in [3.8, 4) is 5.75 Å². The average Bonchev–Trinajstić information content (AvgIpc) is 3.06. The molecule has 25 heavy (non-hydrogen) atoms. The van der Waals surface area contributed by atoms with Crippen molar-refractivity contribution in [1.29, 1.82) is 0 Å². The fourth-order valence-corrected chi connectivity index (χ4v) is 3.89. The monoisotopic (exact) mass is 336 g/mol. The summed E-state index contributed by atoms with van der Waals surface area (Å²) in [6.07, 6.45) is 3.05. The summed E-state index contributed by atoms with van der Waals surface area (Å²) in [4.78, 5) is 16.8. The van der Waals surface area contributed by atoms with E-state index in [0.717, 1.165) is 30.9 Å². The second kappa shape index (κ2) is 6.79. The highest BCUT2D eigenvalue weighted by Crippen LogP contribution is 2.33. The predicted octanol–water partition coefficient (Wildman–Crippen LogP) is 4.48. The number of hydrogen-bond donors (Lipinski definition) is 0. The number of nitrogens with zero attached hydrogens (tertiary/aromatic N) is 2. The first-order valence-corrected chi connectivity index (χ1v) is 9.13. The Hall–Kier alpha value is -2.49. The SMILES string of the molecule is CC1CCCN(c2ccccc2OC(=O)N2CCc3ccccc32)C1. The minimum absolute atomic E-state index is 0.289. The smallest absolute Gasteiger partial charge is 0.408 e. The first kappa shape index (κ1) is 16.0. The second-order valence-electron chi connectivity index (χ2n) is 7.06. The van der Waals surface area contributed by atoms with Gasteiger partial charge in [0.1, 0.15) is 0 Å². The van der Waals surface area contributed by atoms with Crippen LogP contribution in [0.1, 0.15) is 25.3 Å². The molecule has 2 aliphatic rings. The summed E-state index contributed by atoms with van der Waals surface area (Å²) < 4.78 is 5.82. The lowest BCUT2D eigenvalue weighted by molar-refractivity contribution is 0.208. The molecule has 0 spiro atoms. The molecular formula is C21H24N2O2. The van der Waals surface area contributed by atoms with Crippen molar-refractivity contribution >= 4 is 17.5 Å². The largest absolute Gasteiger partial charge is 0.419 e. The topological polar surface area (TPSA) is 32.8 Å². The molecule has 2 aromatic rings. The van der Waals surface area contributed by atoms with Gasteiger partial charge in [-0.15, -0.1) is 0 Å². The van der Waals surface area contributed by atoms with Gasteiger partial charge in [-0.25, -0.2) is 4.79 Å². The van der Waals surface area contributed by atoms with Gasteiger partial charge in [0.25, 0.3) is 0 Å². The predicted molar refractivity (Wildman–Crippen MR) is 101 cm³/mol. The van der Waals surface area contributed by atoms with Crippen LogP contribution in [0.2, 0.25) is 0 Å². The molecule has 4 heteroatoms. The van der Waals surface area contributed by atoms with Gasteiger partial charge < -0.3 is 9.64 Å². The minimum atomic E-state index is -0.289. The summed E-state index contributed by atoms with van der Waals surface area (Å²) in [6, 6.07) is 15.9. The van der Waals surface area contributed by atoms with Crippen LogP contribution in [-0.4, -0.2) is 25.7 Å². The van der Waals surface area contributed by atoms with Gasteiger partial charge in [0.2, 0.25) is 0 Å². The van der Waals surface area contributed by atoms with Crippen LogP contribution < -0.4 is 14.5 Å². The maximum Gasteiger partial charge on any atom is 0.419 e. The van der Waals surface area contributed by atoms with E-state index >= 15 is 0 Å². The molecular weight excluding hydrogens is 312 g/mol. The molecule has 1 amide bonds. The number of fused-ring (bicyclic) bond motifs is 1. The molecule has 2 aromatic carbocycles. The zero-order valence-corrected chi connectivity index (χ0v) is 14.6. The molecule has 2 aliphatic heterocycles. The molecule has 1 saturated heterocycles. The molecule has 0 saturated carbocycles. The highest BCUT2D eigenvalue weighted by atomic mass is 16.6. The highest BCUT2D eigenvalue weighted by Gasteiger charge is 2.27. The fourth-order valence-electron chi connectivity index (χ4n) is 3.89. The van der Waals surface area contributed by atoms with Crippen LogP contribution in [0.3, 0.4) is 0 Å². The van der Waals surface area contributed by atoms with Crippen molar-refractivity contribution < 1.29 is 9.53 Å². The summed E-state index contributed by atoms with van der Waals surface area (Å²) in [5.41, 5.74) is 3.20. The molecule has 2 heterocycles. The van der Waals surface area contributed by atoms with Crippen molar-refractivity contribution in [2.24, 2.45) is 5.92 Å². The number of ether oxygens (including phenoxy) is 1. The molecule has 0 N–H and O–H groups in total. The van der Waals surface area contributed by atoms with E-state index in [2.05, 4.69) is 24.0 Å². The molecule has 1 atom stereocenters. The average molecular weight is 336 g/mol. The Bertz CT molecular complexity index is 774. The molecule has 0 aromatic heterocycles. The highest BCUT2D eigenvalue weighted by molar-refractivity contribution is 5.92. The molecule has 1 fully saturated rings. The van der Waals surface area contributed by atoms with Gasteiger partial charge in [-0.3, -0.25) is 4.90 Å². The molecule has 0 radical (unpaired) electrons. The lowest BCUT2D eigenvalue weighted by atomic mass is 9.99. The van der Waals surface area contributed by atoms with Crippen molar-refractivity contribution in [3.05, 3.63) is 54.1 Å². The van der Waals surface area contributed by atoms with Gasteiger partial charge in [0, 0.05) is 19.6 Å². The third-order valence-electron chi connectivity index (χ3n) is 5.17. The van der Waals surface area contributed by atoms with Crippen LogP contribution in [0.4, 0.5) is 16.2 Å². The molecule has 1 unspecified atom stereocenters. The number of para-hydroxylation sites is 3. The number of amides is 1. The van der Waals surface area contributed by atoms with E-state index in [1.165, 1.54) is 18.4 Å². The Labute approximate surface area is 149 Å². The maximum absolute atomic E-state index is 12.8. The van der Waals surface area contributed by atoms with Crippen LogP contribution in [0.5, 0.6) is 5.75 Å². The van der Waals surface area contributed by atoms with E-state index in [1.807, 2.05) is 36.4 Å². The van der Waals surface area contributed by atoms with E-state index in [9.17, 15) is 4.79 Å². The van der Waals surface area contributed by atoms with Gasteiger partial charge in [-0.05, 0) is 48.9 Å². The molecule has 4 rings (SSSR count). The van der Waals surface area contributed by atoms with Crippen LogP contribution >= 0.6 is 0 Å². The van der Waals surface area contributed by atoms with E-state index in [4.69, 9.17) is 4.74 Å². The van der Waals surface area contributed by atoms with E-state index < -0.39 is 0 Å². The second-order valence-corrected chi connectivity index (χ2v) is 7.06. The maximum atomic E-state index is 12.8. The lowest BCUT2D eigenvalue weighted by Gasteiger charge is -2.33. The van der Waals surface area contributed by atoms with Crippen molar-refractivity contribution in [2.45, 2.75) is 26.2 Å². The van der Waals surface area contributed by atoms with Crippen LogP contribution in [0, 0.1) is 5.92 Å². The number of anilines is 2. The van der Waals surface area contributed by atoms with Crippen LogP contribution in [-0.2, 0) is 6.42 Å². The number of benzene rings is 2. The van der Waals surface area contributed by atoms with E-state index in [1.54, 1.807) is 4.90 Å². The summed E-state index contributed by atoms with van der Waals surface area (Å²) in [6.45, 7) is 5.00. The number of rotatable bonds is 2. The fraction of sp³-hybridized carbons (Fsp3) is 0.381. The summed E-state index contributed by atoms with van der Waals surface area (Å²) in [5.74, 6) is 1.33. The number of hydrogen-bond acceptors (Lipinski definition) is 3. The van der Waals surface area contributed by atoms with E-state index in [-0.39, 0.29) is 6.09 Å². The third-order valence-corrected chi connectivity index (χ3v) is 5.17. The van der Waals surface area contributed by atoms with Crippen molar-refractivity contribution in [1.82, 2.24) is 0 Å². The Kier molecular flexibility index (Phi) is 4.35. The van der Waals surface area contributed by atoms with Gasteiger partial charge in [0.05, 0.1) is 11.4 Å². The molecule has 130 valence electrons. The summed E-state index contributed by atoms with van der Waals surface area (Å²) in [5, 5.41) is 0. The van der Waals surface area contributed by atoms with Gasteiger partial charge in [0.15, 0.2) is 5.75 Å². The minimum Gasteiger partial charge on any atom is -0.408 e. The Morgan fingerprint density at radius 2 is 1.80 bits per heavy atom. The number of carbonyl (C=O) groups is 1. The number of carbonyl (C=O) groups excluding carboxylic acids is 1.